The van der Waals surface area contributed by atoms with E-state index in [0.717, 1.165) is 49.3 Å². The molecule has 2 fully saturated rings. The SMILES string of the molecule is CN(C)C(=O)CC1CCN(C(=O)c2snnc2C2CC2)CC1. The van der Waals surface area contributed by atoms with Gasteiger partial charge in [-0.1, -0.05) is 4.49 Å². The molecule has 1 saturated carbocycles. The molecule has 1 saturated heterocycles. The zero-order chi connectivity index (χ0) is 15.7. The van der Waals surface area contributed by atoms with Gasteiger partial charge in [-0.25, -0.2) is 0 Å². The lowest BCUT2D eigenvalue weighted by atomic mass is 9.93. The Morgan fingerprint density at radius 1 is 1.23 bits per heavy atom. The van der Waals surface area contributed by atoms with Crippen LogP contribution in [0.3, 0.4) is 0 Å². The van der Waals surface area contributed by atoms with E-state index in [1.54, 1.807) is 19.0 Å². The molecule has 1 aromatic rings. The zero-order valence-electron chi connectivity index (χ0n) is 13.1. The van der Waals surface area contributed by atoms with E-state index in [4.69, 9.17) is 0 Å². The van der Waals surface area contributed by atoms with Crippen molar-refractivity contribution in [3.8, 4) is 0 Å². The Bertz CT molecular complexity index is 560. The molecule has 1 aliphatic heterocycles. The summed E-state index contributed by atoms with van der Waals surface area (Å²) >= 11 is 1.22. The summed E-state index contributed by atoms with van der Waals surface area (Å²) in [6, 6.07) is 0. The van der Waals surface area contributed by atoms with Gasteiger partial charge in [-0.2, -0.15) is 0 Å². The van der Waals surface area contributed by atoms with Crippen LogP contribution in [0.4, 0.5) is 0 Å². The van der Waals surface area contributed by atoms with Gasteiger partial charge in [-0.3, -0.25) is 9.59 Å². The van der Waals surface area contributed by atoms with Gasteiger partial charge in [-0.05, 0) is 43.1 Å². The molecule has 7 heteroatoms. The van der Waals surface area contributed by atoms with Gasteiger partial charge in [0.2, 0.25) is 5.91 Å². The van der Waals surface area contributed by atoms with E-state index in [0.29, 0.717) is 18.3 Å². The fourth-order valence-corrected chi connectivity index (χ4v) is 3.60. The first-order chi connectivity index (χ1) is 10.6. The van der Waals surface area contributed by atoms with Crippen molar-refractivity contribution in [2.75, 3.05) is 27.2 Å². The highest BCUT2D eigenvalue weighted by Crippen LogP contribution is 2.41. The Morgan fingerprint density at radius 3 is 2.50 bits per heavy atom. The lowest BCUT2D eigenvalue weighted by molar-refractivity contribution is -0.129. The van der Waals surface area contributed by atoms with Gasteiger partial charge in [0.15, 0.2) is 0 Å². The molecular formula is C15H22N4O2S. The van der Waals surface area contributed by atoms with Crippen molar-refractivity contribution < 1.29 is 9.59 Å². The molecule has 0 unspecified atom stereocenters. The van der Waals surface area contributed by atoms with Gasteiger partial charge >= 0.3 is 0 Å². The molecule has 2 heterocycles. The van der Waals surface area contributed by atoms with Crippen molar-refractivity contribution in [1.29, 1.82) is 0 Å². The Balaban J connectivity index is 1.56. The summed E-state index contributed by atoms with van der Waals surface area (Å²) in [5, 5.41) is 4.14. The average molecular weight is 322 g/mol. The summed E-state index contributed by atoms with van der Waals surface area (Å²) in [7, 11) is 3.58. The lowest BCUT2D eigenvalue weighted by Crippen LogP contribution is -2.39. The monoisotopic (exact) mass is 322 g/mol. The first-order valence-electron chi connectivity index (χ1n) is 7.88. The van der Waals surface area contributed by atoms with Crippen molar-refractivity contribution in [3.05, 3.63) is 10.6 Å². The number of piperidine rings is 1. The molecule has 0 atom stereocenters. The third-order valence-electron chi connectivity index (χ3n) is 4.54. The van der Waals surface area contributed by atoms with E-state index in [1.807, 2.05) is 4.90 Å². The first kappa shape index (κ1) is 15.4. The van der Waals surface area contributed by atoms with Crippen LogP contribution in [0.2, 0.25) is 0 Å². The van der Waals surface area contributed by atoms with Crippen molar-refractivity contribution in [1.82, 2.24) is 19.4 Å². The Hall–Kier alpha value is -1.50. The summed E-state index contributed by atoms with van der Waals surface area (Å²) < 4.78 is 3.97. The zero-order valence-corrected chi connectivity index (χ0v) is 13.9. The summed E-state index contributed by atoms with van der Waals surface area (Å²) in [5.74, 6) is 1.09. The van der Waals surface area contributed by atoms with Crippen LogP contribution >= 0.6 is 11.5 Å². The van der Waals surface area contributed by atoms with Crippen LogP contribution in [-0.2, 0) is 4.79 Å². The minimum absolute atomic E-state index is 0.0780. The smallest absolute Gasteiger partial charge is 0.267 e. The van der Waals surface area contributed by atoms with Crippen molar-refractivity contribution in [2.24, 2.45) is 5.92 Å². The Morgan fingerprint density at radius 2 is 1.91 bits per heavy atom. The molecule has 22 heavy (non-hydrogen) atoms. The van der Waals surface area contributed by atoms with E-state index in [9.17, 15) is 9.59 Å². The van der Waals surface area contributed by atoms with Crippen molar-refractivity contribution in [2.45, 2.75) is 38.0 Å². The van der Waals surface area contributed by atoms with Gasteiger partial charge in [0.1, 0.15) is 4.88 Å². The van der Waals surface area contributed by atoms with E-state index in [2.05, 4.69) is 9.59 Å². The molecule has 0 radical (unpaired) electrons. The van der Waals surface area contributed by atoms with Gasteiger partial charge < -0.3 is 9.80 Å². The maximum absolute atomic E-state index is 12.6. The van der Waals surface area contributed by atoms with Crippen LogP contribution < -0.4 is 0 Å². The second kappa shape index (κ2) is 6.32. The Kier molecular flexibility index (Phi) is 4.42. The quantitative estimate of drug-likeness (QED) is 0.847. The summed E-state index contributed by atoms with van der Waals surface area (Å²) in [6.45, 7) is 1.46. The van der Waals surface area contributed by atoms with Gasteiger partial charge in [0.05, 0.1) is 5.69 Å². The van der Waals surface area contributed by atoms with Crippen molar-refractivity contribution >= 4 is 23.3 Å². The molecule has 120 valence electrons. The molecular weight excluding hydrogens is 300 g/mol. The first-order valence-corrected chi connectivity index (χ1v) is 8.65. The number of carbonyl (C=O) groups is 2. The molecule has 2 aliphatic rings. The summed E-state index contributed by atoms with van der Waals surface area (Å²) in [4.78, 5) is 28.7. The van der Waals surface area contributed by atoms with Crippen LogP contribution in [0.15, 0.2) is 0 Å². The van der Waals surface area contributed by atoms with Crippen LogP contribution in [0.1, 0.15) is 53.4 Å². The molecule has 1 aliphatic carbocycles. The molecule has 0 bridgehead atoms. The number of aromatic nitrogens is 2. The minimum Gasteiger partial charge on any atom is -0.349 e. The number of amides is 2. The molecule has 6 nitrogen and oxygen atoms in total. The standard InChI is InChI=1S/C15H22N4O2S/c1-18(2)12(20)9-10-5-7-19(8-6-10)15(21)14-13(11-3-4-11)16-17-22-14/h10-11H,3-9H2,1-2H3. The average Bonchev–Trinajstić information content (AvgIpc) is 3.24. The number of hydrogen-bond acceptors (Lipinski definition) is 5. The fourth-order valence-electron chi connectivity index (χ4n) is 2.88. The van der Waals surface area contributed by atoms with E-state index < -0.39 is 0 Å². The second-order valence-electron chi connectivity index (χ2n) is 6.49. The third-order valence-corrected chi connectivity index (χ3v) is 5.27. The number of hydrogen-bond donors (Lipinski definition) is 0. The Labute approximate surface area is 134 Å². The van der Waals surface area contributed by atoms with Crippen LogP contribution in [0.25, 0.3) is 0 Å². The van der Waals surface area contributed by atoms with Crippen LogP contribution in [-0.4, -0.2) is 58.4 Å². The predicted molar refractivity (Wildman–Crippen MR) is 83.8 cm³/mol. The molecule has 2 amide bonds. The topological polar surface area (TPSA) is 66.4 Å². The highest BCUT2D eigenvalue weighted by atomic mass is 32.1. The number of likely N-dealkylation sites (tertiary alicyclic amines) is 1. The second-order valence-corrected chi connectivity index (χ2v) is 7.24. The van der Waals surface area contributed by atoms with Crippen LogP contribution in [0, 0.1) is 5.92 Å². The van der Waals surface area contributed by atoms with Gasteiger partial charge in [0, 0.05) is 39.5 Å². The largest absolute Gasteiger partial charge is 0.349 e. The summed E-state index contributed by atoms with van der Waals surface area (Å²) in [5.41, 5.74) is 0.903. The number of nitrogens with zero attached hydrogens (tertiary/aromatic N) is 4. The van der Waals surface area contributed by atoms with E-state index in [-0.39, 0.29) is 11.8 Å². The van der Waals surface area contributed by atoms with Crippen molar-refractivity contribution in [3.63, 3.8) is 0 Å². The third kappa shape index (κ3) is 3.29. The molecule has 0 N–H and O–H groups in total. The van der Waals surface area contributed by atoms with Gasteiger partial charge in [-0.15, -0.1) is 5.10 Å². The van der Waals surface area contributed by atoms with Gasteiger partial charge in [0.25, 0.3) is 5.91 Å². The minimum atomic E-state index is 0.0780. The predicted octanol–water partition coefficient (Wildman–Crippen LogP) is 1.75. The molecule has 0 aromatic carbocycles. The normalized spacial score (nSPS) is 19.3. The molecule has 1 aromatic heterocycles. The highest BCUT2D eigenvalue weighted by Gasteiger charge is 2.34. The molecule has 0 spiro atoms. The van der Waals surface area contributed by atoms with E-state index in [1.165, 1.54) is 11.5 Å². The maximum atomic E-state index is 12.6. The molecule has 3 rings (SSSR count). The maximum Gasteiger partial charge on any atom is 0.267 e. The van der Waals surface area contributed by atoms with Crippen LogP contribution in [0.5, 0.6) is 0 Å². The fraction of sp³-hybridized carbons (Fsp3) is 0.733. The highest BCUT2D eigenvalue weighted by molar-refractivity contribution is 7.08. The number of rotatable bonds is 4. The number of carbonyl (C=O) groups excluding carboxylic acids is 2. The summed E-state index contributed by atoms with van der Waals surface area (Å²) in [6.07, 6.45) is 4.64. The lowest BCUT2D eigenvalue weighted by Gasteiger charge is -2.32. The van der Waals surface area contributed by atoms with E-state index >= 15 is 0 Å².